The molecule has 1 aliphatic carbocycles. The highest BCUT2D eigenvalue weighted by molar-refractivity contribution is 5.48. The van der Waals surface area contributed by atoms with Crippen LogP contribution in [-0.4, -0.2) is 0 Å². The minimum absolute atomic E-state index is 0.0785. The van der Waals surface area contributed by atoms with E-state index >= 15 is 0 Å². The summed E-state index contributed by atoms with van der Waals surface area (Å²) in [6, 6.07) is 8.65. The topological polar surface area (TPSA) is 0 Å². The number of rotatable bonds is 4. The van der Waals surface area contributed by atoms with E-state index in [-0.39, 0.29) is 5.41 Å². The van der Waals surface area contributed by atoms with Crippen molar-refractivity contribution in [2.24, 2.45) is 0 Å². The Morgan fingerprint density at radius 2 is 2.06 bits per heavy atom. The van der Waals surface area contributed by atoms with Crippen LogP contribution in [0.2, 0.25) is 0 Å². The van der Waals surface area contributed by atoms with Crippen molar-refractivity contribution in [1.29, 1.82) is 0 Å². The Bertz CT molecular complexity index is 517. The molecule has 0 aliphatic heterocycles. The molecule has 1 aliphatic rings. The predicted octanol–water partition coefficient (Wildman–Crippen LogP) is 4.75. The molecule has 0 aromatic heterocycles. The maximum atomic E-state index is 4.06. The Morgan fingerprint density at radius 3 is 2.72 bits per heavy atom. The lowest BCUT2D eigenvalue weighted by Crippen LogP contribution is -2.24. The fourth-order valence-corrected chi connectivity index (χ4v) is 2.66. The average molecular weight is 236 g/mol. The molecule has 0 N–H and O–H groups in total. The fourth-order valence-electron chi connectivity index (χ4n) is 2.66. The van der Waals surface area contributed by atoms with Crippen molar-refractivity contribution in [2.75, 3.05) is 0 Å². The average Bonchev–Trinajstić information content (AvgIpc) is 2.47. The van der Waals surface area contributed by atoms with Crippen LogP contribution in [0.4, 0.5) is 0 Å². The Hall–Kier alpha value is -1.82. The van der Waals surface area contributed by atoms with Gasteiger partial charge in [-0.1, -0.05) is 68.1 Å². The van der Waals surface area contributed by atoms with Gasteiger partial charge in [0.2, 0.25) is 0 Å². The van der Waals surface area contributed by atoms with Gasteiger partial charge >= 0.3 is 0 Å². The molecule has 0 spiro atoms. The van der Waals surface area contributed by atoms with Crippen molar-refractivity contribution < 1.29 is 0 Å². The van der Waals surface area contributed by atoms with Gasteiger partial charge < -0.3 is 0 Å². The van der Waals surface area contributed by atoms with Crippen LogP contribution in [0.5, 0.6) is 0 Å². The zero-order chi connectivity index (χ0) is 13.0. The highest BCUT2D eigenvalue weighted by Gasteiger charge is 2.29. The fraction of sp³-hybridized carbons (Fsp3) is 0.222. The van der Waals surface area contributed by atoms with Crippen LogP contribution >= 0.6 is 0 Å². The minimum atomic E-state index is -0.0785. The van der Waals surface area contributed by atoms with E-state index in [0.717, 1.165) is 12.8 Å². The van der Waals surface area contributed by atoms with Gasteiger partial charge in [0.15, 0.2) is 0 Å². The molecule has 1 unspecified atom stereocenters. The maximum absolute atomic E-state index is 4.06. The van der Waals surface area contributed by atoms with E-state index in [0.29, 0.717) is 0 Å². The maximum Gasteiger partial charge on any atom is 0.0355 e. The third-order valence-corrected chi connectivity index (χ3v) is 3.73. The third-order valence-electron chi connectivity index (χ3n) is 3.73. The lowest BCUT2D eigenvalue weighted by molar-refractivity contribution is 0.653. The Morgan fingerprint density at radius 1 is 1.28 bits per heavy atom. The SMILES string of the molecule is C=CC1=CC=CC(C=C)(c2ccccc2CC)C1. The number of benzene rings is 1. The van der Waals surface area contributed by atoms with Gasteiger partial charge in [-0.25, -0.2) is 0 Å². The van der Waals surface area contributed by atoms with Crippen molar-refractivity contribution >= 4 is 0 Å². The summed E-state index contributed by atoms with van der Waals surface area (Å²) in [5.74, 6) is 0. The van der Waals surface area contributed by atoms with Gasteiger partial charge in [0, 0.05) is 5.41 Å². The van der Waals surface area contributed by atoms with Crippen LogP contribution < -0.4 is 0 Å². The van der Waals surface area contributed by atoms with Crippen molar-refractivity contribution in [1.82, 2.24) is 0 Å². The van der Waals surface area contributed by atoms with Gasteiger partial charge in [-0.15, -0.1) is 6.58 Å². The van der Waals surface area contributed by atoms with Crippen LogP contribution in [0.15, 0.2) is 73.4 Å². The van der Waals surface area contributed by atoms with Gasteiger partial charge in [-0.2, -0.15) is 0 Å². The third kappa shape index (κ3) is 2.11. The van der Waals surface area contributed by atoms with E-state index in [1.807, 2.05) is 6.08 Å². The summed E-state index contributed by atoms with van der Waals surface area (Å²) in [4.78, 5) is 0. The van der Waals surface area contributed by atoms with E-state index < -0.39 is 0 Å². The van der Waals surface area contributed by atoms with Crippen molar-refractivity contribution in [3.8, 4) is 0 Å². The van der Waals surface area contributed by atoms with E-state index in [2.05, 4.69) is 68.7 Å². The van der Waals surface area contributed by atoms with Crippen LogP contribution in [-0.2, 0) is 11.8 Å². The summed E-state index contributed by atoms with van der Waals surface area (Å²) in [5.41, 5.74) is 3.95. The van der Waals surface area contributed by atoms with Crippen LogP contribution in [0.25, 0.3) is 0 Å². The monoisotopic (exact) mass is 236 g/mol. The summed E-state index contributed by atoms with van der Waals surface area (Å²) >= 11 is 0. The first-order chi connectivity index (χ1) is 8.75. The van der Waals surface area contributed by atoms with Crippen LogP contribution in [0.1, 0.15) is 24.5 Å². The zero-order valence-electron chi connectivity index (χ0n) is 11.0. The summed E-state index contributed by atoms with van der Waals surface area (Å²) in [5, 5.41) is 0. The molecular weight excluding hydrogens is 216 g/mol. The summed E-state index contributed by atoms with van der Waals surface area (Å²) in [6.45, 7) is 10.1. The van der Waals surface area contributed by atoms with E-state index in [4.69, 9.17) is 0 Å². The molecule has 0 saturated carbocycles. The van der Waals surface area contributed by atoms with Crippen molar-refractivity contribution in [2.45, 2.75) is 25.2 Å². The molecule has 0 heteroatoms. The van der Waals surface area contributed by atoms with Crippen LogP contribution in [0, 0.1) is 0 Å². The zero-order valence-corrected chi connectivity index (χ0v) is 11.0. The minimum Gasteiger partial charge on any atom is -0.102 e. The summed E-state index contributed by atoms with van der Waals surface area (Å²) in [6.07, 6.45) is 12.5. The van der Waals surface area contributed by atoms with Gasteiger partial charge in [-0.05, 0) is 29.5 Å². The second kappa shape index (κ2) is 5.22. The van der Waals surface area contributed by atoms with E-state index in [1.165, 1.54) is 16.7 Å². The molecule has 92 valence electrons. The van der Waals surface area contributed by atoms with Crippen molar-refractivity contribution in [3.05, 3.63) is 84.5 Å². The second-order valence-electron chi connectivity index (χ2n) is 4.74. The number of allylic oxidation sites excluding steroid dienone is 6. The molecular formula is C18H20. The second-order valence-corrected chi connectivity index (χ2v) is 4.74. The molecule has 0 radical (unpaired) electrons. The molecule has 0 saturated heterocycles. The molecule has 1 atom stereocenters. The standard InChI is InChI=1S/C18H20/c1-4-15-10-9-13-18(6-3,14-15)17-12-8-7-11-16(17)5-2/h4,6-13H,1,3,5,14H2,2H3. The molecule has 0 bridgehead atoms. The summed E-state index contributed by atoms with van der Waals surface area (Å²) in [7, 11) is 0. The highest BCUT2D eigenvalue weighted by atomic mass is 14.3. The molecule has 1 aromatic carbocycles. The van der Waals surface area contributed by atoms with Gasteiger partial charge in [0.05, 0.1) is 0 Å². The van der Waals surface area contributed by atoms with Crippen molar-refractivity contribution in [3.63, 3.8) is 0 Å². The lowest BCUT2D eigenvalue weighted by Gasteiger charge is -2.32. The molecule has 0 nitrogen and oxygen atoms in total. The van der Waals surface area contributed by atoms with Crippen LogP contribution in [0.3, 0.4) is 0 Å². The van der Waals surface area contributed by atoms with Gasteiger partial charge in [-0.3, -0.25) is 0 Å². The first-order valence-electron chi connectivity index (χ1n) is 6.48. The van der Waals surface area contributed by atoms with Gasteiger partial charge in [0.25, 0.3) is 0 Å². The highest BCUT2D eigenvalue weighted by Crippen LogP contribution is 2.38. The molecule has 0 amide bonds. The largest absolute Gasteiger partial charge is 0.102 e. The Balaban J connectivity index is 2.52. The molecule has 0 heterocycles. The van der Waals surface area contributed by atoms with E-state index in [1.54, 1.807) is 0 Å². The molecule has 2 rings (SSSR count). The quantitative estimate of drug-likeness (QED) is 0.662. The Kier molecular flexibility index (Phi) is 3.66. The number of hydrogen-bond acceptors (Lipinski definition) is 0. The lowest BCUT2D eigenvalue weighted by atomic mass is 9.71. The predicted molar refractivity (Wildman–Crippen MR) is 79.7 cm³/mol. The number of hydrogen-bond donors (Lipinski definition) is 0. The Labute approximate surface area is 110 Å². The first kappa shape index (κ1) is 12.6. The number of aryl methyl sites for hydroxylation is 1. The van der Waals surface area contributed by atoms with Gasteiger partial charge in [0.1, 0.15) is 0 Å². The molecule has 1 aromatic rings. The van der Waals surface area contributed by atoms with E-state index in [9.17, 15) is 0 Å². The first-order valence-corrected chi connectivity index (χ1v) is 6.48. The molecule has 0 fully saturated rings. The summed E-state index contributed by atoms with van der Waals surface area (Å²) < 4.78 is 0. The molecule has 18 heavy (non-hydrogen) atoms. The normalized spacial score (nSPS) is 22.4. The smallest absolute Gasteiger partial charge is 0.0355 e.